The minimum atomic E-state index is -0.694. The van der Waals surface area contributed by atoms with Crippen LogP contribution < -0.4 is 15.5 Å². The highest BCUT2D eigenvalue weighted by molar-refractivity contribution is 7.19. The van der Waals surface area contributed by atoms with E-state index in [0.29, 0.717) is 48.3 Å². The number of aliphatic imine (C=N–C) groups is 1. The molecule has 1 amide bonds. The second-order valence-corrected chi connectivity index (χ2v) is 10.9. The number of fused-ring (bicyclic) bond motifs is 1. The van der Waals surface area contributed by atoms with Gasteiger partial charge in [0, 0.05) is 29.8 Å². The number of nitrogens with one attached hydrogen (secondary N) is 2. The van der Waals surface area contributed by atoms with Crippen molar-refractivity contribution in [2.75, 3.05) is 41.8 Å². The fourth-order valence-electron chi connectivity index (χ4n) is 5.06. The number of morpholine rings is 1. The molecule has 43 heavy (non-hydrogen) atoms. The molecule has 0 aliphatic carbocycles. The lowest BCUT2D eigenvalue weighted by Crippen LogP contribution is -2.35. The number of amides is 1. The lowest BCUT2D eigenvalue weighted by atomic mass is 9.99. The molecule has 1 saturated heterocycles. The molecule has 0 radical (unpaired) electrons. The molecular formula is C31H26FN7O3S. The van der Waals surface area contributed by atoms with Crippen LogP contribution in [0.1, 0.15) is 17.5 Å². The molecule has 1 atom stereocenters. The Balaban J connectivity index is 1.24. The first kappa shape index (κ1) is 26.9. The Kier molecular flexibility index (Phi) is 7.35. The molecule has 2 N–H and O–H groups in total. The molecule has 2 aliphatic heterocycles. The number of carbonyl (C=O) groups excluding carboxylic acids is 1. The van der Waals surface area contributed by atoms with Crippen molar-refractivity contribution < 1.29 is 18.3 Å². The maximum atomic E-state index is 14.7. The van der Waals surface area contributed by atoms with Crippen LogP contribution in [0.15, 0.2) is 88.3 Å². The number of hydrogen-bond donors (Lipinski definition) is 2. The largest absolute Gasteiger partial charge is 0.402 e. The summed E-state index contributed by atoms with van der Waals surface area (Å²) in [5.41, 5.74) is 3.98. The molecule has 12 heteroatoms. The molecular weight excluding hydrogens is 569 g/mol. The minimum Gasteiger partial charge on any atom is -0.402 e. The van der Waals surface area contributed by atoms with E-state index in [4.69, 9.17) is 19.1 Å². The molecule has 2 aromatic heterocycles. The Morgan fingerprint density at radius 3 is 2.49 bits per heavy atom. The quantitative estimate of drug-likeness (QED) is 0.266. The topological polar surface area (TPSA) is 118 Å². The Morgan fingerprint density at radius 2 is 1.67 bits per heavy atom. The summed E-state index contributed by atoms with van der Waals surface area (Å²) in [4.78, 5) is 24.7. The number of hydrogen-bond acceptors (Lipinski definition) is 10. The molecule has 10 nitrogen and oxygen atoms in total. The molecule has 4 heterocycles. The lowest BCUT2D eigenvalue weighted by Gasteiger charge is -2.27. The van der Waals surface area contributed by atoms with Crippen LogP contribution in [0.2, 0.25) is 0 Å². The summed E-state index contributed by atoms with van der Waals surface area (Å²) in [7, 11) is 0. The van der Waals surface area contributed by atoms with E-state index in [0.717, 1.165) is 21.8 Å². The summed E-state index contributed by atoms with van der Waals surface area (Å²) < 4.78 is 26.3. The third-order valence-corrected chi connectivity index (χ3v) is 8.25. The van der Waals surface area contributed by atoms with Crippen LogP contribution in [0.4, 0.5) is 21.1 Å². The number of benzene rings is 3. The van der Waals surface area contributed by atoms with E-state index in [2.05, 4.69) is 25.7 Å². The summed E-state index contributed by atoms with van der Waals surface area (Å²) >= 11 is 1.37. The van der Waals surface area contributed by atoms with Crippen LogP contribution in [-0.2, 0) is 9.53 Å². The van der Waals surface area contributed by atoms with Crippen molar-refractivity contribution in [3.63, 3.8) is 0 Å². The van der Waals surface area contributed by atoms with Gasteiger partial charge in [0.05, 0.1) is 31.0 Å². The van der Waals surface area contributed by atoms with Gasteiger partial charge >= 0.3 is 6.01 Å². The third-order valence-electron chi connectivity index (χ3n) is 7.10. The highest BCUT2D eigenvalue weighted by Gasteiger charge is 2.27. The zero-order valence-electron chi connectivity index (χ0n) is 22.9. The number of rotatable bonds is 6. The Hall–Kier alpha value is -4.94. The number of halogens is 1. The van der Waals surface area contributed by atoms with E-state index in [-0.39, 0.29) is 30.1 Å². The molecule has 0 bridgehead atoms. The molecule has 0 unspecified atom stereocenters. The van der Waals surface area contributed by atoms with Crippen molar-refractivity contribution in [3.05, 3.63) is 95.8 Å². The molecule has 3 aromatic carbocycles. The first-order valence-corrected chi connectivity index (χ1v) is 14.7. The van der Waals surface area contributed by atoms with Crippen molar-refractivity contribution in [2.45, 2.75) is 12.6 Å². The normalized spacial score (nSPS) is 17.0. The van der Waals surface area contributed by atoms with Crippen LogP contribution in [0.5, 0.6) is 0 Å². The number of anilines is 3. The second kappa shape index (κ2) is 11.7. The average molecular weight is 596 g/mol. The van der Waals surface area contributed by atoms with E-state index in [1.165, 1.54) is 17.4 Å². The van der Waals surface area contributed by atoms with Gasteiger partial charge in [-0.1, -0.05) is 77.1 Å². The van der Waals surface area contributed by atoms with Gasteiger partial charge in [-0.25, -0.2) is 9.37 Å². The lowest BCUT2D eigenvalue weighted by molar-refractivity contribution is -0.116. The smallest absolute Gasteiger partial charge is 0.317 e. The number of nitrogens with zero attached hydrogens (tertiary/aromatic N) is 5. The van der Waals surface area contributed by atoms with Crippen molar-refractivity contribution in [1.29, 1.82) is 0 Å². The fraction of sp³-hybridized carbons (Fsp3) is 0.194. The van der Waals surface area contributed by atoms with E-state index in [1.807, 2.05) is 54.6 Å². The van der Waals surface area contributed by atoms with E-state index in [1.54, 1.807) is 18.2 Å². The van der Waals surface area contributed by atoms with Gasteiger partial charge in [-0.15, -0.1) is 5.10 Å². The van der Waals surface area contributed by atoms with Gasteiger partial charge in [0.2, 0.25) is 5.91 Å². The molecule has 5 aromatic rings. The predicted molar refractivity (Wildman–Crippen MR) is 163 cm³/mol. The van der Waals surface area contributed by atoms with Gasteiger partial charge < -0.3 is 24.7 Å². The van der Waals surface area contributed by atoms with Crippen LogP contribution in [0, 0.1) is 5.82 Å². The molecule has 216 valence electrons. The SMILES string of the molecule is O=C1C[C@@H](Nc2nnc(-c3nc(-c4ccccc4F)sc3N3CCOCC3)o2)N=C(c2ccccc2)c2ccccc2N1. The summed E-state index contributed by atoms with van der Waals surface area (Å²) in [6.45, 7) is 2.44. The molecule has 7 rings (SSSR count). The van der Waals surface area contributed by atoms with Crippen LogP contribution >= 0.6 is 11.3 Å². The zero-order chi connectivity index (χ0) is 29.2. The highest BCUT2D eigenvalue weighted by Crippen LogP contribution is 2.41. The Morgan fingerprint density at radius 1 is 0.930 bits per heavy atom. The maximum Gasteiger partial charge on any atom is 0.317 e. The number of ether oxygens (including phenoxy) is 1. The van der Waals surface area contributed by atoms with Gasteiger partial charge in [-0.2, -0.15) is 0 Å². The van der Waals surface area contributed by atoms with E-state index < -0.39 is 6.17 Å². The summed E-state index contributed by atoms with van der Waals surface area (Å²) in [5.74, 6) is -0.389. The molecule has 0 saturated carbocycles. The van der Waals surface area contributed by atoms with Crippen LogP contribution in [0.3, 0.4) is 0 Å². The second-order valence-electron chi connectivity index (χ2n) is 9.97. The van der Waals surface area contributed by atoms with Gasteiger partial charge in [-0.05, 0) is 18.2 Å². The Bertz CT molecular complexity index is 1800. The van der Waals surface area contributed by atoms with Gasteiger partial charge in [0.1, 0.15) is 22.0 Å². The van der Waals surface area contributed by atoms with Gasteiger partial charge in [0.25, 0.3) is 5.89 Å². The molecule has 2 aliphatic rings. The summed E-state index contributed by atoms with van der Waals surface area (Å²) in [5, 5.41) is 15.9. The number of aromatic nitrogens is 3. The van der Waals surface area contributed by atoms with E-state index >= 15 is 0 Å². The monoisotopic (exact) mass is 595 g/mol. The predicted octanol–water partition coefficient (Wildman–Crippen LogP) is 5.45. The summed E-state index contributed by atoms with van der Waals surface area (Å²) in [6.07, 6.45) is -0.657. The Labute approximate surface area is 250 Å². The number of thiazole rings is 1. The highest BCUT2D eigenvalue weighted by atomic mass is 32.1. The van der Waals surface area contributed by atoms with Crippen molar-refractivity contribution in [2.24, 2.45) is 4.99 Å². The third kappa shape index (κ3) is 5.62. The minimum absolute atomic E-state index is 0.0372. The maximum absolute atomic E-state index is 14.7. The fourth-order valence-corrected chi connectivity index (χ4v) is 6.19. The van der Waals surface area contributed by atoms with Crippen LogP contribution in [-0.4, -0.2) is 59.3 Å². The van der Waals surface area contributed by atoms with Gasteiger partial charge in [0.15, 0.2) is 5.69 Å². The number of para-hydroxylation sites is 1. The van der Waals surface area contributed by atoms with Crippen molar-refractivity contribution in [1.82, 2.24) is 15.2 Å². The zero-order valence-corrected chi connectivity index (χ0v) is 23.7. The number of carbonyl (C=O) groups is 1. The first-order valence-electron chi connectivity index (χ1n) is 13.8. The molecule has 1 fully saturated rings. The summed E-state index contributed by atoms with van der Waals surface area (Å²) in [6, 6.07) is 24.0. The molecule has 0 spiro atoms. The van der Waals surface area contributed by atoms with Gasteiger partial charge in [-0.3, -0.25) is 9.79 Å². The van der Waals surface area contributed by atoms with Crippen molar-refractivity contribution >= 4 is 39.7 Å². The van der Waals surface area contributed by atoms with E-state index in [9.17, 15) is 9.18 Å². The first-order chi connectivity index (χ1) is 21.1. The van der Waals surface area contributed by atoms with Crippen LogP contribution in [0.25, 0.3) is 22.2 Å². The standard InChI is InChI=1S/C31H26FN7O3S/c32-22-12-6-4-10-20(22)29-36-27(30(43-29)39-14-16-41-17-15-39)28-37-38-31(42-28)35-24-18-25(40)33-23-13-7-5-11-21(23)26(34-24)19-8-2-1-3-9-19/h1-13,24H,14-18H2,(H,33,40)(H,35,38)/t24-/m1/s1. The van der Waals surface area contributed by atoms with Crippen molar-refractivity contribution in [3.8, 4) is 22.2 Å². The average Bonchev–Trinajstić information content (AvgIpc) is 3.68.